The van der Waals surface area contributed by atoms with Crippen molar-refractivity contribution < 1.29 is 4.79 Å². The lowest BCUT2D eigenvalue weighted by Crippen LogP contribution is -2.23. The maximum Gasteiger partial charge on any atom is 0.271 e. The SMILES string of the molecule is CN(C)Cc1ccc(CNC(=O)c2csc(-c3cccs3)n2)cc1. The molecule has 0 atom stereocenters. The zero-order valence-corrected chi connectivity index (χ0v) is 15.3. The fraction of sp³-hybridized carbons (Fsp3) is 0.222. The Morgan fingerprint density at radius 2 is 1.88 bits per heavy atom. The van der Waals surface area contributed by atoms with Crippen LogP contribution in [0.5, 0.6) is 0 Å². The van der Waals surface area contributed by atoms with Gasteiger partial charge in [0, 0.05) is 18.5 Å². The van der Waals surface area contributed by atoms with E-state index in [0.29, 0.717) is 12.2 Å². The van der Waals surface area contributed by atoms with Crippen LogP contribution in [-0.2, 0) is 13.1 Å². The van der Waals surface area contributed by atoms with Crippen LogP contribution in [0.3, 0.4) is 0 Å². The van der Waals surface area contributed by atoms with E-state index in [1.807, 2.05) is 37.0 Å². The smallest absolute Gasteiger partial charge is 0.271 e. The Morgan fingerprint density at radius 1 is 1.12 bits per heavy atom. The van der Waals surface area contributed by atoms with E-state index in [1.165, 1.54) is 16.9 Å². The average molecular weight is 358 g/mol. The van der Waals surface area contributed by atoms with E-state index in [4.69, 9.17) is 0 Å². The molecular formula is C18H19N3OS2. The van der Waals surface area contributed by atoms with Crippen molar-refractivity contribution in [1.29, 1.82) is 0 Å². The van der Waals surface area contributed by atoms with E-state index in [1.54, 1.807) is 11.3 Å². The molecule has 0 radical (unpaired) electrons. The highest BCUT2D eigenvalue weighted by Gasteiger charge is 2.12. The first kappa shape index (κ1) is 16.8. The number of hydrogen-bond acceptors (Lipinski definition) is 5. The van der Waals surface area contributed by atoms with Gasteiger partial charge in [-0.05, 0) is 36.7 Å². The number of carbonyl (C=O) groups is 1. The first-order valence-corrected chi connectivity index (χ1v) is 9.38. The summed E-state index contributed by atoms with van der Waals surface area (Å²) in [5.74, 6) is -0.133. The van der Waals surface area contributed by atoms with E-state index in [2.05, 4.69) is 39.5 Å². The molecule has 2 aromatic heterocycles. The molecule has 6 heteroatoms. The molecule has 0 spiro atoms. The predicted molar refractivity (Wildman–Crippen MR) is 100 cm³/mol. The molecular weight excluding hydrogens is 338 g/mol. The fourth-order valence-electron chi connectivity index (χ4n) is 2.29. The summed E-state index contributed by atoms with van der Waals surface area (Å²) in [6.45, 7) is 1.42. The lowest BCUT2D eigenvalue weighted by atomic mass is 10.1. The van der Waals surface area contributed by atoms with Crippen LogP contribution in [0.4, 0.5) is 0 Å². The van der Waals surface area contributed by atoms with E-state index >= 15 is 0 Å². The first-order valence-electron chi connectivity index (χ1n) is 7.62. The van der Waals surface area contributed by atoms with Crippen LogP contribution in [0.1, 0.15) is 21.6 Å². The highest BCUT2D eigenvalue weighted by atomic mass is 32.1. The Balaban J connectivity index is 1.57. The summed E-state index contributed by atoms with van der Waals surface area (Å²) in [6.07, 6.45) is 0. The largest absolute Gasteiger partial charge is 0.347 e. The van der Waals surface area contributed by atoms with Crippen LogP contribution in [0.25, 0.3) is 9.88 Å². The molecule has 0 saturated heterocycles. The van der Waals surface area contributed by atoms with Gasteiger partial charge in [-0.25, -0.2) is 4.98 Å². The van der Waals surface area contributed by atoms with Crippen LogP contribution in [0, 0.1) is 0 Å². The minimum atomic E-state index is -0.133. The highest BCUT2D eigenvalue weighted by molar-refractivity contribution is 7.20. The van der Waals surface area contributed by atoms with Crippen LogP contribution >= 0.6 is 22.7 Å². The molecule has 0 aliphatic rings. The van der Waals surface area contributed by atoms with Crippen molar-refractivity contribution in [3.8, 4) is 9.88 Å². The van der Waals surface area contributed by atoms with Crippen molar-refractivity contribution in [3.05, 3.63) is 64.0 Å². The number of aromatic nitrogens is 1. The van der Waals surface area contributed by atoms with Crippen molar-refractivity contribution in [2.45, 2.75) is 13.1 Å². The zero-order valence-electron chi connectivity index (χ0n) is 13.7. The lowest BCUT2D eigenvalue weighted by molar-refractivity contribution is 0.0946. The maximum absolute atomic E-state index is 12.2. The summed E-state index contributed by atoms with van der Waals surface area (Å²) in [5.41, 5.74) is 2.82. The van der Waals surface area contributed by atoms with Gasteiger partial charge in [0.2, 0.25) is 0 Å². The average Bonchev–Trinajstić information content (AvgIpc) is 3.24. The third-order valence-electron chi connectivity index (χ3n) is 3.44. The molecule has 1 amide bonds. The fourth-order valence-corrected chi connectivity index (χ4v) is 3.91. The second kappa shape index (κ2) is 7.70. The predicted octanol–water partition coefficient (Wildman–Crippen LogP) is 3.86. The molecule has 0 fully saturated rings. The number of hydrogen-bond donors (Lipinski definition) is 1. The van der Waals surface area contributed by atoms with Gasteiger partial charge < -0.3 is 10.2 Å². The molecule has 0 unspecified atom stereocenters. The Labute approximate surface area is 149 Å². The first-order chi connectivity index (χ1) is 11.6. The van der Waals surface area contributed by atoms with E-state index in [-0.39, 0.29) is 5.91 Å². The zero-order chi connectivity index (χ0) is 16.9. The number of carbonyl (C=O) groups excluding carboxylic acids is 1. The van der Waals surface area contributed by atoms with E-state index in [9.17, 15) is 4.79 Å². The topological polar surface area (TPSA) is 45.2 Å². The van der Waals surface area contributed by atoms with Gasteiger partial charge in [-0.3, -0.25) is 4.79 Å². The molecule has 24 heavy (non-hydrogen) atoms. The third-order valence-corrected chi connectivity index (χ3v) is 5.32. The maximum atomic E-state index is 12.2. The number of nitrogens with one attached hydrogen (secondary N) is 1. The second-order valence-corrected chi connectivity index (χ2v) is 7.56. The summed E-state index contributed by atoms with van der Waals surface area (Å²) < 4.78 is 0. The summed E-state index contributed by atoms with van der Waals surface area (Å²) in [7, 11) is 4.10. The lowest BCUT2D eigenvalue weighted by Gasteiger charge is -2.10. The molecule has 1 N–H and O–H groups in total. The van der Waals surface area contributed by atoms with Crippen molar-refractivity contribution in [2.24, 2.45) is 0 Å². The van der Waals surface area contributed by atoms with Gasteiger partial charge in [-0.2, -0.15) is 0 Å². The minimum absolute atomic E-state index is 0.133. The molecule has 3 aromatic rings. The Kier molecular flexibility index (Phi) is 5.40. The number of amides is 1. The van der Waals surface area contributed by atoms with Crippen molar-refractivity contribution in [1.82, 2.24) is 15.2 Å². The van der Waals surface area contributed by atoms with Crippen molar-refractivity contribution >= 4 is 28.6 Å². The molecule has 2 heterocycles. The number of nitrogens with zero attached hydrogens (tertiary/aromatic N) is 2. The Morgan fingerprint density at radius 3 is 2.54 bits per heavy atom. The molecule has 0 aliphatic heterocycles. The number of benzene rings is 1. The normalized spacial score (nSPS) is 11.0. The van der Waals surface area contributed by atoms with Gasteiger partial charge in [0.05, 0.1) is 4.88 Å². The van der Waals surface area contributed by atoms with Crippen LogP contribution < -0.4 is 5.32 Å². The summed E-state index contributed by atoms with van der Waals surface area (Å²) in [4.78, 5) is 19.9. The standard InChI is InChI=1S/C18H19N3OS2/c1-21(2)11-14-7-5-13(6-8-14)10-19-17(22)15-12-24-18(20-15)16-4-3-9-23-16/h3-9,12H,10-11H2,1-2H3,(H,19,22). The van der Waals surface area contributed by atoms with Gasteiger partial charge >= 0.3 is 0 Å². The van der Waals surface area contributed by atoms with Gasteiger partial charge in [-0.1, -0.05) is 30.3 Å². The molecule has 0 aliphatic carbocycles. The van der Waals surface area contributed by atoms with E-state index < -0.39 is 0 Å². The van der Waals surface area contributed by atoms with Gasteiger partial charge in [0.15, 0.2) is 0 Å². The van der Waals surface area contributed by atoms with Gasteiger partial charge in [0.25, 0.3) is 5.91 Å². The number of thiazole rings is 1. The molecule has 124 valence electrons. The monoisotopic (exact) mass is 357 g/mol. The number of rotatable bonds is 6. The molecule has 4 nitrogen and oxygen atoms in total. The molecule has 0 bridgehead atoms. The van der Waals surface area contributed by atoms with Gasteiger partial charge in [-0.15, -0.1) is 22.7 Å². The second-order valence-electron chi connectivity index (χ2n) is 5.75. The minimum Gasteiger partial charge on any atom is -0.347 e. The Hall–Kier alpha value is -2.02. The van der Waals surface area contributed by atoms with Crippen LogP contribution in [0.15, 0.2) is 47.2 Å². The van der Waals surface area contributed by atoms with Crippen molar-refractivity contribution in [2.75, 3.05) is 14.1 Å². The van der Waals surface area contributed by atoms with Crippen LogP contribution in [0.2, 0.25) is 0 Å². The third kappa shape index (κ3) is 4.29. The summed E-state index contributed by atoms with van der Waals surface area (Å²) in [5, 5.41) is 7.64. The summed E-state index contributed by atoms with van der Waals surface area (Å²) >= 11 is 3.13. The molecule has 1 aromatic carbocycles. The van der Waals surface area contributed by atoms with E-state index in [0.717, 1.165) is 22.0 Å². The summed E-state index contributed by atoms with van der Waals surface area (Å²) in [6, 6.07) is 12.3. The quantitative estimate of drug-likeness (QED) is 0.728. The molecule has 3 rings (SSSR count). The van der Waals surface area contributed by atoms with Crippen LogP contribution in [-0.4, -0.2) is 29.9 Å². The molecule has 0 saturated carbocycles. The van der Waals surface area contributed by atoms with Crippen molar-refractivity contribution in [3.63, 3.8) is 0 Å². The number of thiophene rings is 1. The Bertz CT molecular complexity index is 792. The highest BCUT2D eigenvalue weighted by Crippen LogP contribution is 2.27. The van der Waals surface area contributed by atoms with Gasteiger partial charge in [0.1, 0.15) is 10.7 Å².